The van der Waals surface area contributed by atoms with E-state index in [1.165, 1.54) is 13.8 Å². The van der Waals surface area contributed by atoms with Crippen LogP contribution in [-0.2, 0) is 19.2 Å². The van der Waals surface area contributed by atoms with E-state index in [9.17, 15) is 24.3 Å². The predicted molar refractivity (Wildman–Crippen MR) is 79.5 cm³/mol. The first kappa shape index (κ1) is 21.8. The van der Waals surface area contributed by atoms with Gasteiger partial charge in [-0.3, -0.25) is 14.4 Å². The topological polar surface area (TPSA) is 185 Å². The van der Waals surface area contributed by atoms with Crippen molar-refractivity contribution >= 4 is 23.7 Å². The van der Waals surface area contributed by atoms with Gasteiger partial charge in [-0.2, -0.15) is 0 Å². The summed E-state index contributed by atoms with van der Waals surface area (Å²) in [6, 6.07) is -3.02. The van der Waals surface area contributed by atoms with E-state index < -0.39 is 67.6 Å². The van der Waals surface area contributed by atoms with Gasteiger partial charge in [-0.25, -0.2) is 4.79 Å². The molecule has 0 aromatic carbocycles. The number of hydrogen-bond donors (Lipinski definition) is 7. The quantitative estimate of drug-likeness (QED) is 0.209. The summed E-state index contributed by atoms with van der Waals surface area (Å²) in [4.78, 5) is 45.7. The van der Waals surface area contributed by atoms with Crippen molar-refractivity contribution in [2.45, 2.75) is 32.0 Å². The van der Waals surface area contributed by atoms with Crippen molar-refractivity contribution in [2.24, 2.45) is 5.92 Å². The van der Waals surface area contributed by atoms with E-state index in [1.807, 2.05) is 5.32 Å². The van der Waals surface area contributed by atoms with E-state index in [-0.39, 0.29) is 0 Å². The lowest BCUT2D eigenvalue weighted by atomic mass is 10.1. The van der Waals surface area contributed by atoms with E-state index in [0.717, 1.165) is 0 Å². The second-order valence-corrected chi connectivity index (χ2v) is 5.13. The van der Waals surface area contributed by atoms with Crippen LogP contribution in [0.5, 0.6) is 0 Å². The van der Waals surface area contributed by atoms with Crippen molar-refractivity contribution in [1.29, 1.82) is 0 Å². The normalized spacial score (nSPS) is 15.5. The zero-order chi connectivity index (χ0) is 18.9. The van der Waals surface area contributed by atoms with Crippen molar-refractivity contribution in [3.05, 3.63) is 0 Å². The average Bonchev–Trinajstić information content (AvgIpc) is 2.53. The lowest BCUT2D eigenvalue weighted by Gasteiger charge is -2.19. The van der Waals surface area contributed by atoms with Crippen molar-refractivity contribution in [2.75, 3.05) is 19.8 Å². The minimum absolute atomic E-state index is 0.498. The standard InChI is InChI=1S/C13H23N3O8/c1-6(7(2)19)11(21)14-3-10(20)15-8(4-17)12(22)16-9(5-18)13(23)24/h6-9,17-19H,3-5H2,1-2H3,(H,14,21)(H,15,20)(H,16,22)(H,23,24)/t6-,7-,8-,9-/m0/s1. The van der Waals surface area contributed by atoms with E-state index in [4.69, 9.17) is 15.3 Å². The molecule has 0 aliphatic carbocycles. The highest BCUT2D eigenvalue weighted by molar-refractivity contribution is 5.92. The van der Waals surface area contributed by atoms with Crippen LogP contribution in [0.4, 0.5) is 0 Å². The van der Waals surface area contributed by atoms with Crippen LogP contribution in [0.1, 0.15) is 13.8 Å². The predicted octanol–water partition coefficient (Wildman–Crippen LogP) is -3.84. The largest absolute Gasteiger partial charge is 0.480 e. The van der Waals surface area contributed by atoms with Crippen LogP contribution < -0.4 is 16.0 Å². The number of amides is 3. The van der Waals surface area contributed by atoms with Gasteiger partial charge >= 0.3 is 5.97 Å². The van der Waals surface area contributed by atoms with Crippen molar-refractivity contribution < 1.29 is 39.6 Å². The van der Waals surface area contributed by atoms with Crippen molar-refractivity contribution in [1.82, 2.24) is 16.0 Å². The van der Waals surface area contributed by atoms with E-state index in [1.54, 1.807) is 0 Å². The summed E-state index contributed by atoms with van der Waals surface area (Å²) < 4.78 is 0. The molecule has 0 bridgehead atoms. The zero-order valence-electron chi connectivity index (χ0n) is 13.4. The van der Waals surface area contributed by atoms with Gasteiger partial charge in [0.15, 0.2) is 0 Å². The smallest absolute Gasteiger partial charge is 0.328 e. The van der Waals surface area contributed by atoms with Crippen LogP contribution in [0.3, 0.4) is 0 Å². The highest BCUT2D eigenvalue weighted by Crippen LogP contribution is 2.00. The molecule has 0 saturated heterocycles. The van der Waals surface area contributed by atoms with Gasteiger partial charge < -0.3 is 36.4 Å². The number of carbonyl (C=O) groups excluding carboxylic acids is 3. The monoisotopic (exact) mass is 349 g/mol. The van der Waals surface area contributed by atoms with Gasteiger partial charge in [0.05, 0.1) is 31.8 Å². The number of carbonyl (C=O) groups is 4. The molecular formula is C13H23N3O8. The first-order chi connectivity index (χ1) is 11.1. The molecule has 11 heteroatoms. The van der Waals surface area contributed by atoms with E-state index in [0.29, 0.717) is 0 Å². The Kier molecular flexibility index (Phi) is 9.54. The Hall–Kier alpha value is -2.24. The number of hydrogen-bond acceptors (Lipinski definition) is 7. The molecule has 4 atom stereocenters. The van der Waals surface area contributed by atoms with Gasteiger partial charge in [0, 0.05) is 0 Å². The van der Waals surface area contributed by atoms with Gasteiger partial charge in [0.25, 0.3) is 0 Å². The lowest BCUT2D eigenvalue weighted by molar-refractivity contribution is -0.143. The molecule has 138 valence electrons. The average molecular weight is 349 g/mol. The number of aliphatic hydroxyl groups is 3. The van der Waals surface area contributed by atoms with Gasteiger partial charge in [0.1, 0.15) is 12.1 Å². The maximum absolute atomic E-state index is 11.7. The van der Waals surface area contributed by atoms with Crippen molar-refractivity contribution in [3.8, 4) is 0 Å². The molecule has 0 heterocycles. The fourth-order valence-corrected chi connectivity index (χ4v) is 1.44. The second-order valence-electron chi connectivity index (χ2n) is 5.13. The fraction of sp³-hybridized carbons (Fsp3) is 0.692. The molecule has 11 nitrogen and oxygen atoms in total. The molecule has 0 unspecified atom stereocenters. The number of carboxylic acid groups (broad SMARTS) is 1. The molecular weight excluding hydrogens is 326 g/mol. The summed E-state index contributed by atoms with van der Waals surface area (Å²) >= 11 is 0. The van der Waals surface area contributed by atoms with Crippen LogP contribution in [-0.4, -0.2) is 82.1 Å². The third-order valence-corrected chi connectivity index (χ3v) is 3.19. The first-order valence-electron chi connectivity index (χ1n) is 7.14. The Morgan fingerprint density at radius 1 is 0.917 bits per heavy atom. The molecule has 0 aliphatic rings. The number of nitrogens with one attached hydrogen (secondary N) is 3. The molecule has 3 amide bonds. The molecule has 0 fully saturated rings. The maximum Gasteiger partial charge on any atom is 0.328 e. The molecule has 0 aromatic heterocycles. The Morgan fingerprint density at radius 3 is 1.88 bits per heavy atom. The second kappa shape index (κ2) is 10.5. The van der Waals surface area contributed by atoms with Crippen LogP contribution in [0, 0.1) is 5.92 Å². The zero-order valence-corrected chi connectivity index (χ0v) is 13.4. The third-order valence-electron chi connectivity index (χ3n) is 3.19. The van der Waals surface area contributed by atoms with Crippen LogP contribution in [0.25, 0.3) is 0 Å². The Balaban J connectivity index is 4.50. The maximum atomic E-state index is 11.7. The van der Waals surface area contributed by atoms with Gasteiger partial charge in [-0.15, -0.1) is 0 Å². The van der Waals surface area contributed by atoms with E-state index in [2.05, 4.69) is 10.6 Å². The number of aliphatic carboxylic acids is 1. The van der Waals surface area contributed by atoms with Gasteiger partial charge in [0.2, 0.25) is 17.7 Å². The molecule has 0 radical (unpaired) electrons. The Labute approximate surface area is 138 Å². The number of aliphatic hydroxyl groups excluding tert-OH is 3. The summed E-state index contributed by atoms with van der Waals surface area (Å²) in [6.07, 6.45) is -0.907. The number of carboxylic acids is 1. The summed E-state index contributed by atoms with van der Waals surface area (Å²) in [5.41, 5.74) is 0. The summed E-state index contributed by atoms with van der Waals surface area (Å²) in [7, 11) is 0. The lowest BCUT2D eigenvalue weighted by Crippen LogP contribution is -2.55. The van der Waals surface area contributed by atoms with Crippen LogP contribution >= 0.6 is 0 Å². The minimum Gasteiger partial charge on any atom is -0.480 e. The fourth-order valence-electron chi connectivity index (χ4n) is 1.44. The Bertz CT molecular complexity index is 468. The molecule has 0 spiro atoms. The minimum atomic E-state index is -1.57. The van der Waals surface area contributed by atoms with Crippen LogP contribution in [0.15, 0.2) is 0 Å². The molecule has 0 aliphatic heterocycles. The van der Waals surface area contributed by atoms with Crippen LogP contribution in [0.2, 0.25) is 0 Å². The highest BCUT2D eigenvalue weighted by atomic mass is 16.4. The van der Waals surface area contributed by atoms with Gasteiger partial charge in [-0.1, -0.05) is 6.92 Å². The molecule has 0 saturated carbocycles. The van der Waals surface area contributed by atoms with E-state index >= 15 is 0 Å². The molecule has 0 rings (SSSR count). The third kappa shape index (κ3) is 7.35. The highest BCUT2D eigenvalue weighted by Gasteiger charge is 2.26. The molecule has 7 N–H and O–H groups in total. The SMILES string of the molecule is C[C@H](O)[C@H](C)C(=O)NCC(=O)N[C@@H](CO)C(=O)N[C@@H](CO)C(=O)O. The van der Waals surface area contributed by atoms with Crippen molar-refractivity contribution in [3.63, 3.8) is 0 Å². The van der Waals surface area contributed by atoms with Gasteiger partial charge in [-0.05, 0) is 6.92 Å². The summed E-state index contributed by atoms with van der Waals surface area (Å²) in [5.74, 6) is -4.59. The Morgan fingerprint density at radius 2 is 1.46 bits per heavy atom. The first-order valence-corrected chi connectivity index (χ1v) is 7.14. The molecule has 0 aromatic rings. The molecule has 24 heavy (non-hydrogen) atoms. The summed E-state index contributed by atoms with van der Waals surface area (Å²) in [5, 5.41) is 42.2. The number of rotatable bonds is 10. The summed E-state index contributed by atoms with van der Waals surface area (Å²) in [6.45, 7) is 0.704.